The molecule has 2 aromatic heterocycles. The van der Waals surface area contributed by atoms with Crippen molar-refractivity contribution in [2.75, 3.05) is 6.54 Å². The second-order valence-electron chi connectivity index (χ2n) is 6.35. The molecule has 1 aliphatic rings. The first-order valence-corrected chi connectivity index (χ1v) is 8.06. The molecule has 1 fully saturated rings. The van der Waals surface area contributed by atoms with E-state index >= 15 is 0 Å². The second kappa shape index (κ2) is 6.44. The van der Waals surface area contributed by atoms with Crippen molar-refractivity contribution >= 4 is 5.91 Å². The quantitative estimate of drug-likeness (QED) is 0.875. The number of carbonyl (C=O) groups excluding carboxylic acids is 1. The molecule has 23 heavy (non-hydrogen) atoms. The van der Waals surface area contributed by atoms with Crippen LogP contribution in [0.1, 0.15) is 37.3 Å². The zero-order valence-corrected chi connectivity index (χ0v) is 13.6. The average Bonchev–Trinajstić information content (AvgIpc) is 2.96. The Hall–Kier alpha value is -2.30. The molecule has 0 aromatic carbocycles. The lowest BCUT2D eigenvalue weighted by Crippen LogP contribution is -2.43. The minimum absolute atomic E-state index is 0.0377. The van der Waals surface area contributed by atoms with Crippen LogP contribution in [0.4, 0.5) is 0 Å². The van der Waals surface area contributed by atoms with Gasteiger partial charge in [-0.05, 0) is 43.9 Å². The monoisotopic (exact) mass is 314 g/mol. The number of piperidine rings is 1. The van der Waals surface area contributed by atoms with Crippen LogP contribution >= 0.6 is 0 Å². The van der Waals surface area contributed by atoms with Gasteiger partial charge in [-0.1, -0.05) is 13.0 Å². The molecular formula is C18H22N2O3. The number of furan rings is 1. The van der Waals surface area contributed by atoms with E-state index in [0.29, 0.717) is 12.5 Å². The van der Waals surface area contributed by atoms with Crippen molar-refractivity contribution in [3.8, 4) is 0 Å². The summed E-state index contributed by atoms with van der Waals surface area (Å²) in [6, 6.07) is 8.75. The second-order valence-corrected chi connectivity index (χ2v) is 6.35. The highest BCUT2D eigenvalue weighted by Crippen LogP contribution is 2.35. The molecule has 0 unspecified atom stereocenters. The highest BCUT2D eigenvalue weighted by Gasteiger charge is 2.32. The van der Waals surface area contributed by atoms with Gasteiger partial charge in [-0.15, -0.1) is 0 Å². The number of aromatic nitrogens is 1. The third kappa shape index (κ3) is 3.38. The molecule has 2 atom stereocenters. The van der Waals surface area contributed by atoms with Gasteiger partial charge in [-0.2, -0.15) is 0 Å². The Morgan fingerprint density at radius 3 is 2.83 bits per heavy atom. The normalized spacial score (nSPS) is 21.4. The number of hydrogen-bond donors (Lipinski definition) is 0. The highest BCUT2D eigenvalue weighted by atomic mass is 16.3. The molecule has 1 amide bonds. The number of carbonyl (C=O) groups is 1. The molecular weight excluding hydrogens is 292 g/mol. The van der Waals surface area contributed by atoms with Crippen LogP contribution in [0.5, 0.6) is 0 Å². The molecule has 0 N–H and O–H groups in total. The molecule has 0 radical (unpaired) electrons. The summed E-state index contributed by atoms with van der Waals surface area (Å²) in [6.45, 7) is 4.88. The summed E-state index contributed by atoms with van der Waals surface area (Å²) in [4.78, 5) is 26.4. The fraction of sp³-hybridized carbons (Fsp3) is 0.444. The Balaban J connectivity index is 1.82. The van der Waals surface area contributed by atoms with E-state index in [4.69, 9.17) is 4.42 Å². The Kier molecular flexibility index (Phi) is 4.37. The summed E-state index contributed by atoms with van der Waals surface area (Å²) in [5.41, 5.74) is -0.156. The van der Waals surface area contributed by atoms with Gasteiger partial charge >= 0.3 is 0 Å². The minimum atomic E-state index is -0.156. The van der Waals surface area contributed by atoms with Crippen molar-refractivity contribution in [2.45, 2.75) is 39.3 Å². The average molecular weight is 314 g/mol. The predicted molar refractivity (Wildman–Crippen MR) is 87.0 cm³/mol. The SMILES string of the molecule is Cc1ccc([C@@H]2C[C@@H](C)CCN2C(=O)Cn2ccccc2=O)o1. The van der Waals surface area contributed by atoms with Gasteiger partial charge in [0.05, 0.1) is 6.04 Å². The highest BCUT2D eigenvalue weighted by molar-refractivity contribution is 5.76. The first kappa shape index (κ1) is 15.6. The molecule has 0 saturated carbocycles. The zero-order valence-electron chi connectivity index (χ0n) is 13.6. The largest absolute Gasteiger partial charge is 0.464 e. The number of aryl methyl sites for hydroxylation is 1. The van der Waals surface area contributed by atoms with Crippen LogP contribution in [-0.2, 0) is 11.3 Å². The first-order chi connectivity index (χ1) is 11.0. The molecule has 2 aromatic rings. The number of pyridine rings is 1. The first-order valence-electron chi connectivity index (χ1n) is 8.06. The minimum Gasteiger partial charge on any atom is -0.464 e. The number of amides is 1. The third-order valence-corrected chi connectivity index (χ3v) is 4.48. The summed E-state index contributed by atoms with van der Waals surface area (Å²) in [6.07, 6.45) is 3.52. The van der Waals surface area contributed by atoms with Crippen LogP contribution in [0.3, 0.4) is 0 Å². The maximum Gasteiger partial charge on any atom is 0.250 e. The van der Waals surface area contributed by atoms with Crippen molar-refractivity contribution in [3.63, 3.8) is 0 Å². The van der Waals surface area contributed by atoms with Gasteiger partial charge in [0.2, 0.25) is 5.91 Å². The van der Waals surface area contributed by atoms with Crippen molar-refractivity contribution in [1.82, 2.24) is 9.47 Å². The van der Waals surface area contributed by atoms with E-state index in [1.807, 2.05) is 24.0 Å². The maximum absolute atomic E-state index is 12.7. The van der Waals surface area contributed by atoms with Crippen molar-refractivity contribution in [2.24, 2.45) is 5.92 Å². The van der Waals surface area contributed by atoms with Crippen molar-refractivity contribution in [3.05, 3.63) is 58.4 Å². The van der Waals surface area contributed by atoms with Gasteiger partial charge in [0.1, 0.15) is 18.1 Å². The Morgan fingerprint density at radius 1 is 1.30 bits per heavy atom. The number of hydrogen-bond acceptors (Lipinski definition) is 3. The van der Waals surface area contributed by atoms with Crippen molar-refractivity contribution < 1.29 is 9.21 Å². The summed E-state index contributed by atoms with van der Waals surface area (Å²) in [7, 11) is 0. The summed E-state index contributed by atoms with van der Waals surface area (Å²) < 4.78 is 7.21. The lowest BCUT2D eigenvalue weighted by atomic mass is 9.91. The Labute approximate surface area is 135 Å². The Morgan fingerprint density at radius 2 is 2.13 bits per heavy atom. The third-order valence-electron chi connectivity index (χ3n) is 4.48. The lowest BCUT2D eigenvalue weighted by molar-refractivity contribution is -0.137. The maximum atomic E-state index is 12.7. The fourth-order valence-corrected chi connectivity index (χ4v) is 3.17. The van der Waals surface area contributed by atoms with Gasteiger partial charge in [-0.25, -0.2) is 0 Å². The van der Waals surface area contributed by atoms with E-state index in [1.165, 1.54) is 10.6 Å². The van der Waals surface area contributed by atoms with E-state index < -0.39 is 0 Å². The topological polar surface area (TPSA) is 55.5 Å². The van der Waals surface area contributed by atoms with Crippen LogP contribution in [-0.4, -0.2) is 21.9 Å². The number of likely N-dealkylation sites (tertiary alicyclic amines) is 1. The zero-order chi connectivity index (χ0) is 16.4. The van der Waals surface area contributed by atoms with Crippen LogP contribution in [0.25, 0.3) is 0 Å². The van der Waals surface area contributed by atoms with Crippen LogP contribution in [0.2, 0.25) is 0 Å². The molecule has 3 heterocycles. The van der Waals surface area contributed by atoms with E-state index in [9.17, 15) is 9.59 Å². The molecule has 1 aliphatic heterocycles. The molecule has 1 saturated heterocycles. The molecule has 0 spiro atoms. The van der Waals surface area contributed by atoms with Gasteiger partial charge in [-0.3, -0.25) is 9.59 Å². The summed E-state index contributed by atoms with van der Waals surface area (Å²) in [5.74, 6) is 2.20. The fourth-order valence-electron chi connectivity index (χ4n) is 3.17. The van der Waals surface area contributed by atoms with Crippen LogP contribution in [0.15, 0.2) is 45.7 Å². The molecule has 5 heteroatoms. The van der Waals surface area contributed by atoms with Gasteiger partial charge < -0.3 is 13.9 Å². The Bertz CT molecular complexity index is 746. The molecule has 0 aliphatic carbocycles. The van der Waals surface area contributed by atoms with Crippen molar-refractivity contribution in [1.29, 1.82) is 0 Å². The number of nitrogens with zero attached hydrogens (tertiary/aromatic N) is 2. The van der Waals surface area contributed by atoms with E-state index in [-0.39, 0.29) is 24.1 Å². The van der Waals surface area contributed by atoms with Crippen LogP contribution < -0.4 is 5.56 Å². The summed E-state index contributed by atoms with van der Waals surface area (Å²) in [5, 5.41) is 0. The van der Waals surface area contributed by atoms with E-state index in [1.54, 1.807) is 18.3 Å². The van der Waals surface area contributed by atoms with Crippen LogP contribution in [0, 0.1) is 12.8 Å². The van der Waals surface area contributed by atoms with E-state index in [0.717, 1.165) is 24.4 Å². The van der Waals surface area contributed by atoms with E-state index in [2.05, 4.69) is 6.92 Å². The molecule has 5 nitrogen and oxygen atoms in total. The standard InChI is InChI=1S/C18H22N2O3/c1-13-8-10-20(15(11-13)16-7-6-14(2)23-16)18(22)12-19-9-4-3-5-17(19)21/h3-7,9,13,15H,8,10-12H2,1-2H3/t13-,15-/m0/s1. The molecule has 122 valence electrons. The number of rotatable bonds is 3. The van der Waals surface area contributed by atoms with Gasteiger partial charge in [0.15, 0.2) is 0 Å². The molecule has 0 bridgehead atoms. The van der Waals surface area contributed by atoms with Gasteiger partial charge in [0, 0.05) is 18.8 Å². The lowest BCUT2D eigenvalue weighted by Gasteiger charge is -2.37. The smallest absolute Gasteiger partial charge is 0.250 e. The molecule has 3 rings (SSSR count). The summed E-state index contributed by atoms with van der Waals surface area (Å²) >= 11 is 0. The predicted octanol–water partition coefficient (Wildman–Crippen LogP) is 2.75. The van der Waals surface area contributed by atoms with Gasteiger partial charge in [0.25, 0.3) is 5.56 Å².